The monoisotopic (exact) mass is 137 g/mol. The predicted molar refractivity (Wildman–Crippen MR) is 40.5 cm³/mol. The third-order valence-corrected chi connectivity index (χ3v) is 1.49. The van der Waals surface area contributed by atoms with Crippen LogP contribution in [0.5, 0.6) is 0 Å². The zero-order valence-corrected chi connectivity index (χ0v) is 5.89. The summed E-state index contributed by atoms with van der Waals surface area (Å²) in [6.07, 6.45) is 3.09. The Labute approximate surface area is 60.6 Å². The molecule has 1 aliphatic carbocycles. The van der Waals surface area contributed by atoms with E-state index in [1.54, 1.807) is 0 Å². The van der Waals surface area contributed by atoms with Crippen LogP contribution in [-0.4, -0.2) is 12.3 Å². The minimum atomic E-state index is 0.451. The first kappa shape index (κ1) is 7.06. The number of aldehydes is 1. The number of carbonyl (C=O) groups excluding carboxylic acids is 1. The second-order valence-electron chi connectivity index (χ2n) is 2.54. The molecular weight excluding hydrogens is 126 g/mol. The van der Waals surface area contributed by atoms with Crippen molar-refractivity contribution in [1.29, 1.82) is 0 Å². The fraction of sp³-hybridized carbons (Fsp3) is 0.375. The lowest BCUT2D eigenvalue weighted by Gasteiger charge is -2.04. The first-order valence-corrected chi connectivity index (χ1v) is 3.34. The number of rotatable bonds is 4. The van der Waals surface area contributed by atoms with Gasteiger partial charge in [-0.05, 0) is 12.8 Å². The largest absolute Gasteiger partial charge is 0.382 e. The molecule has 1 saturated carbocycles. The van der Waals surface area contributed by atoms with E-state index in [0.29, 0.717) is 17.3 Å². The average Bonchev–Trinajstić information content (AvgIpc) is 2.70. The third kappa shape index (κ3) is 1.72. The molecule has 0 amide bonds. The van der Waals surface area contributed by atoms with Crippen molar-refractivity contribution in [2.24, 2.45) is 0 Å². The lowest BCUT2D eigenvalue weighted by Crippen LogP contribution is -2.16. The molecule has 0 saturated heterocycles. The summed E-state index contributed by atoms with van der Waals surface area (Å²) >= 11 is 0. The smallest absolute Gasteiger partial charge is 0.151 e. The maximum atomic E-state index is 10.1. The van der Waals surface area contributed by atoms with Crippen LogP contribution in [-0.2, 0) is 4.79 Å². The van der Waals surface area contributed by atoms with E-state index in [2.05, 4.69) is 18.5 Å². The van der Waals surface area contributed by atoms with Crippen LogP contribution in [0.4, 0.5) is 0 Å². The molecule has 0 aliphatic heterocycles. The molecule has 0 unspecified atom stereocenters. The highest BCUT2D eigenvalue weighted by molar-refractivity contribution is 5.78. The third-order valence-electron chi connectivity index (χ3n) is 1.49. The molecule has 0 aromatic heterocycles. The van der Waals surface area contributed by atoms with Gasteiger partial charge in [0.2, 0.25) is 0 Å². The molecule has 1 aliphatic rings. The van der Waals surface area contributed by atoms with Gasteiger partial charge in [-0.15, -0.1) is 0 Å². The molecule has 0 aromatic rings. The maximum Gasteiger partial charge on any atom is 0.151 e. The van der Waals surface area contributed by atoms with E-state index in [9.17, 15) is 4.79 Å². The highest BCUT2D eigenvalue weighted by Crippen LogP contribution is 2.20. The number of allylic oxidation sites excluding steroid dienone is 1. The zero-order valence-electron chi connectivity index (χ0n) is 5.89. The quantitative estimate of drug-likeness (QED) is 0.356. The maximum absolute atomic E-state index is 10.1. The molecule has 2 nitrogen and oxygen atoms in total. The second-order valence-corrected chi connectivity index (χ2v) is 2.54. The number of hydrogen-bond acceptors (Lipinski definition) is 2. The van der Waals surface area contributed by atoms with Crippen LogP contribution >= 0.6 is 0 Å². The van der Waals surface area contributed by atoms with Gasteiger partial charge in [0, 0.05) is 17.3 Å². The van der Waals surface area contributed by atoms with Crippen LogP contribution < -0.4 is 5.32 Å². The van der Waals surface area contributed by atoms with Gasteiger partial charge in [-0.1, -0.05) is 13.2 Å². The number of carbonyl (C=O) groups is 1. The predicted octanol–water partition coefficient (Wildman–Crippen LogP) is 1.01. The van der Waals surface area contributed by atoms with Crippen LogP contribution in [0.1, 0.15) is 12.8 Å². The summed E-state index contributed by atoms with van der Waals surface area (Å²) in [5.74, 6) is 0. The first-order valence-electron chi connectivity index (χ1n) is 3.34. The molecule has 2 heteroatoms. The Morgan fingerprint density at radius 3 is 2.50 bits per heavy atom. The van der Waals surface area contributed by atoms with Gasteiger partial charge in [0.1, 0.15) is 0 Å². The molecule has 0 spiro atoms. The van der Waals surface area contributed by atoms with Gasteiger partial charge in [0.25, 0.3) is 0 Å². The molecule has 1 fully saturated rings. The Kier molecular flexibility index (Phi) is 1.90. The van der Waals surface area contributed by atoms with Crippen molar-refractivity contribution in [1.82, 2.24) is 5.32 Å². The van der Waals surface area contributed by atoms with Gasteiger partial charge in [0.15, 0.2) is 6.29 Å². The molecule has 0 heterocycles. The Hall–Kier alpha value is -1.05. The summed E-state index contributed by atoms with van der Waals surface area (Å²) in [4.78, 5) is 10.1. The second kappa shape index (κ2) is 2.69. The number of nitrogens with one attached hydrogen (secondary N) is 1. The fourth-order valence-electron chi connectivity index (χ4n) is 0.638. The van der Waals surface area contributed by atoms with Crippen LogP contribution in [0.15, 0.2) is 24.4 Å². The molecule has 0 atom stereocenters. The van der Waals surface area contributed by atoms with E-state index in [-0.39, 0.29) is 0 Å². The average molecular weight is 137 g/mol. The SMILES string of the molecule is C=C(C=O)C(=C)NC1CC1. The van der Waals surface area contributed by atoms with Gasteiger partial charge < -0.3 is 5.32 Å². The van der Waals surface area contributed by atoms with E-state index < -0.39 is 0 Å². The summed E-state index contributed by atoms with van der Waals surface area (Å²) in [6, 6.07) is 0.546. The van der Waals surface area contributed by atoms with Crippen molar-refractivity contribution in [3.05, 3.63) is 24.4 Å². The van der Waals surface area contributed by atoms with Gasteiger partial charge in [0.05, 0.1) is 0 Å². The molecule has 0 aromatic carbocycles. The van der Waals surface area contributed by atoms with E-state index in [4.69, 9.17) is 0 Å². The summed E-state index contributed by atoms with van der Waals surface area (Å²) in [7, 11) is 0. The van der Waals surface area contributed by atoms with Crippen LogP contribution in [0.25, 0.3) is 0 Å². The van der Waals surface area contributed by atoms with Crippen molar-refractivity contribution in [2.45, 2.75) is 18.9 Å². The van der Waals surface area contributed by atoms with Gasteiger partial charge in [-0.2, -0.15) is 0 Å². The van der Waals surface area contributed by atoms with E-state index in [1.807, 2.05) is 0 Å². The van der Waals surface area contributed by atoms with Crippen molar-refractivity contribution in [3.63, 3.8) is 0 Å². The highest BCUT2D eigenvalue weighted by atomic mass is 16.1. The van der Waals surface area contributed by atoms with Gasteiger partial charge in [-0.3, -0.25) is 4.79 Å². The topological polar surface area (TPSA) is 29.1 Å². The molecule has 10 heavy (non-hydrogen) atoms. The number of hydrogen-bond donors (Lipinski definition) is 1. The Morgan fingerprint density at radius 1 is 1.50 bits per heavy atom. The molecule has 1 N–H and O–H groups in total. The standard InChI is InChI=1S/C8H11NO/c1-6(5-10)7(2)9-8-3-4-8/h5,8-9H,1-4H2. The molecule has 1 rings (SSSR count). The molecule has 0 radical (unpaired) electrons. The van der Waals surface area contributed by atoms with Gasteiger partial charge >= 0.3 is 0 Å². The van der Waals surface area contributed by atoms with E-state index >= 15 is 0 Å². The van der Waals surface area contributed by atoms with Crippen molar-refractivity contribution in [3.8, 4) is 0 Å². The molecular formula is C8H11NO. The normalized spacial score (nSPS) is 16.0. The van der Waals surface area contributed by atoms with E-state index in [1.165, 1.54) is 12.8 Å². The molecule has 0 bridgehead atoms. The van der Waals surface area contributed by atoms with Crippen LogP contribution in [0.2, 0.25) is 0 Å². The Morgan fingerprint density at radius 2 is 2.10 bits per heavy atom. The Balaban J connectivity index is 2.32. The van der Waals surface area contributed by atoms with Crippen LogP contribution in [0.3, 0.4) is 0 Å². The summed E-state index contributed by atoms with van der Waals surface area (Å²) in [6.45, 7) is 7.19. The summed E-state index contributed by atoms with van der Waals surface area (Å²) in [5, 5.41) is 3.08. The van der Waals surface area contributed by atoms with Crippen LogP contribution in [0, 0.1) is 0 Å². The zero-order chi connectivity index (χ0) is 7.56. The Bertz CT molecular complexity index is 180. The lowest BCUT2D eigenvalue weighted by atomic mass is 10.2. The fourth-order valence-corrected chi connectivity index (χ4v) is 0.638. The molecule has 54 valence electrons. The minimum Gasteiger partial charge on any atom is -0.382 e. The summed E-state index contributed by atoms with van der Waals surface area (Å²) in [5.41, 5.74) is 1.12. The van der Waals surface area contributed by atoms with Crippen molar-refractivity contribution >= 4 is 6.29 Å². The van der Waals surface area contributed by atoms with Gasteiger partial charge in [-0.25, -0.2) is 0 Å². The lowest BCUT2D eigenvalue weighted by molar-refractivity contribution is -0.104. The van der Waals surface area contributed by atoms with Crippen molar-refractivity contribution in [2.75, 3.05) is 0 Å². The first-order chi connectivity index (χ1) is 4.74. The minimum absolute atomic E-state index is 0.451. The highest BCUT2D eigenvalue weighted by Gasteiger charge is 2.21. The van der Waals surface area contributed by atoms with Crippen molar-refractivity contribution < 1.29 is 4.79 Å². The van der Waals surface area contributed by atoms with E-state index in [0.717, 1.165) is 6.29 Å². The summed E-state index contributed by atoms with van der Waals surface area (Å²) < 4.78 is 0.